The number of hydrogen-bond acceptors (Lipinski definition) is 19. The van der Waals surface area contributed by atoms with E-state index in [-0.39, 0.29) is 75.3 Å². The SMILES string of the molecule is C.C.C.CC(C)c1ccccc1-c1ncc2c(n1)n(Cc1ccc(-c3nc(C(F)(F)F)cn3C3COC3)cc1)c(=O)n2C.Cc1cc(C)n(C2CCC(Cn3c(=O)n(C)c4cnc(-c5ccccc5C(C)C)nc43)CC2)n1.Cc1cc(C)n(C2CCC(Cn3c(=O)n(C)c4cnc(-c5ccccc5C(C)C)nc43)CC2)n1.Cc1cc(N2CCC2)nn1-c1ccc(Cn2c(=O)n(C)c3cnc(-c4cccnc4C(C)C)nc32)cc1. The first-order valence-corrected chi connectivity index (χ1v) is 50.4. The molecule has 0 bridgehead atoms. The van der Waals surface area contributed by atoms with E-state index in [9.17, 15) is 32.3 Å². The van der Waals surface area contributed by atoms with Crippen LogP contribution in [0.2, 0.25) is 0 Å². The number of halogens is 3. The van der Waals surface area contributed by atoms with E-state index in [1.54, 1.807) is 92.2 Å². The highest BCUT2D eigenvalue weighted by Gasteiger charge is 2.38. The van der Waals surface area contributed by atoms with Gasteiger partial charge >= 0.3 is 28.9 Å². The van der Waals surface area contributed by atoms with Crippen LogP contribution in [-0.4, -0.2) is 147 Å². The van der Waals surface area contributed by atoms with Crippen molar-refractivity contribution in [3.8, 4) is 62.6 Å². The summed E-state index contributed by atoms with van der Waals surface area (Å²) in [4.78, 5) is 101. The van der Waals surface area contributed by atoms with Gasteiger partial charge in [0, 0.05) is 118 Å². The lowest BCUT2D eigenvalue weighted by atomic mass is 9.86. The zero-order chi connectivity index (χ0) is 102. The molecule has 2 saturated carbocycles. The highest BCUT2D eigenvalue weighted by Crippen LogP contribution is 2.41. The molecule has 13 aromatic heterocycles. The lowest BCUT2D eigenvalue weighted by molar-refractivity contribution is -0.141. The number of benzene rings is 5. The molecule has 4 aliphatic rings. The van der Waals surface area contributed by atoms with Crippen molar-refractivity contribution in [2.45, 2.75) is 244 Å². The van der Waals surface area contributed by atoms with Gasteiger partial charge in [-0.1, -0.05) is 187 Å². The maximum absolute atomic E-state index is 13.4. The second-order valence-electron chi connectivity index (χ2n) is 40.6. The average molecular weight is 2010 g/mol. The third-order valence-electron chi connectivity index (χ3n) is 29.1. The number of fused-ring (bicyclic) bond motifs is 4. The van der Waals surface area contributed by atoms with Gasteiger partial charge in [-0.3, -0.25) is 50.9 Å². The number of alkyl halides is 3. The fourth-order valence-corrected chi connectivity index (χ4v) is 20.9. The number of aromatic nitrogens is 25. The van der Waals surface area contributed by atoms with Crippen LogP contribution in [0.25, 0.3) is 107 Å². The third kappa shape index (κ3) is 21.2. The summed E-state index contributed by atoms with van der Waals surface area (Å²) in [5.74, 6) is 5.89. The zero-order valence-corrected chi connectivity index (χ0v) is 85.4. The van der Waals surface area contributed by atoms with Crippen LogP contribution in [0.5, 0.6) is 0 Å². The molecule has 0 atom stereocenters. The number of hydrogen-bond donors (Lipinski definition) is 0. The number of pyridine rings is 1. The summed E-state index contributed by atoms with van der Waals surface area (Å²) in [6.07, 6.45) is 15.2. The van der Waals surface area contributed by atoms with Crippen molar-refractivity contribution in [2.24, 2.45) is 40.0 Å². The summed E-state index contributed by atoms with van der Waals surface area (Å²) < 4.78 is 66.8. The fraction of sp³-hybridized carbons (Fsp3) is 0.412. The number of rotatable bonds is 22. The minimum atomic E-state index is -4.55. The summed E-state index contributed by atoms with van der Waals surface area (Å²) in [6.45, 7) is 32.4. The Labute approximate surface area is 860 Å². The van der Waals surface area contributed by atoms with Crippen molar-refractivity contribution in [1.29, 1.82) is 0 Å². The number of imidazole rings is 5. The molecular formula is C114H137F3N26O5. The minimum absolute atomic E-state index is 0. The highest BCUT2D eigenvalue weighted by molar-refractivity contribution is 5.78. The molecule has 31 nitrogen and oxygen atoms in total. The van der Waals surface area contributed by atoms with E-state index in [4.69, 9.17) is 40.0 Å². The number of ether oxygens (including phenoxy) is 1. The van der Waals surface area contributed by atoms with E-state index in [1.807, 2.05) is 88.6 Å². The standard InChI is InChI=1S/C29H27F3N6O2.C28H30N8O.2C27H34N6O.3CH4/c1-17(2)21-6-4-5-7-22(21)25-33-12-23-27(35-25)38(28(39)36(23)3)13-18-8-10-19(11-9-18)26-34-24(29(30,31)32)14-37(26)20-15-40-16-20;1-18(2)25-22(7-5-12-29-25)26-30-16-23-27(31-26)35(28(37)33(23)4)17-20-8-10-21(11-9-20)36-19(3)15-24(32-36)34-13-6-14-34;2*1-17(2)22-8-6-7-9-23(22)25-28-15-24-26(29-25)32(27(34)31(24)5)16-20-10-12-21(13-11-20)33-19(4)14-18(3)30-33;;;/h4-12,14,17,20H,13,15-16H2,1-3H3;5,7-12,15-16,18H,6,13-14,17H2,1-4H3;2*6-9,14-15,17,20-21H,10-13,16H2,1-5H3;3*1H4. The number of anilines is 1. The van der Waals surface area contributed by atoms with Crippen LogP contribution in [0.15, 0.2) is 208 Å². The Morgan fingerprint density at radius 1 is 0.405 bits per heavy atom. The lowest BCUT2D eigenvalue weighted by Gasteiger charge is -2.30. The highest BCUT2D eigenvalue weighted by atomic mass is 19.4. The van der Waals surface area contributed by atoms with Gasteiger partial charge in [0.1, 0.15) is 27.9 Å². The van der Waals surface area contributed by atoms with Crippen LogP contribution >= 0.6 is 0 Å². The van der Waals surface area contributed by atoms with E-state index in [1.165, 1.54) is 38.1 Å². The molecule has 2 saturated heterocycles. The first kappa shape index (κ1) is 106. The van der Waals surface area contributed by atoms with Crippen LogP contribution in [0.4, 0.5) is 19.0 Å². The fourth-order valence-electron chi connectivity index (χ4n) is 20.9. The first-order valence-electron chi connectivity index (χ1n) is 50.4. The van der Waals surface area contributed by atoms with Crippen LogP contribution in [0, 0.1) is 46.5 Å². The van der Waals surface area contributed by atoms with Gasteiger partial charge in [-0.25, -0.2) is 68.7 Å². The van der Waals surface area contributed by atoms with E-state index in [2.05, 4.69) is 201 Å². The van der Waals surface area contributed by atoms with E-state index < -0.39 is 11.9 Å². The Morgan fingerprint density at radius 3 is 1.14 bits per heavy atom. The van der Waals surface area contributed by atoms with Crippen LogP contribution in [-0.2, 0) is 65.3 Å². The van der Waals surface area contributed by atoms with Gasteiger partial charge in [-0.15, -0.1) is 0 Å². The topological polar surface area (TPSA) is 307 Å². The Balaban J connectivity index is 0.000000140. The maximum atomic E-state index is 13.4. The van der Waals surface area contributed by atoms with E-state index in [0.717, 1.165) is 166 Å². The lowest BCUT2D eigenvalue weighted by Crippen LogP contribution is -2.37. The summed E-state index contributed by atoms with van der Waals surface area (Å²) in [6, 6.07) is 50.8. The van der Waals surface area contributed by atoms with Crippen LogP contribution in [0.3, 0.4) is 0 Å². The summed E-state index contributed by atoms with van der Waals surface area (Å²) in [7, 11) is 7.06. The number of aryl methyl sites for hydroxylation is 9. The van der Waals surface area contributed by atoms with Gasteiger partial charge in [0.25, 0.3) is 0 Å². The first-order chi connectivity index (χ1) is 69.7. The predicted molar refractivity (Wildman–Crippen MR) is 578 cm³/mol. The number of nitrogens with zero attached hydrogens (tertiary/aromatic N) is 26. The third-order valence-corrected chi connectivity index (χ3v) is 29.1. The van der Waals surface area contributed by atoms with Crippen molar-refractivity contribution in [3.05, 3.63) is 298 Å². The van der Waals surface area contributed by atoms with Crippen LogP contribution < -0.4 is 27.7 Å². The Bertz CT molecular complexity index is 7850. The zero-order valence-electron chi connectivity index (χ0n) is 85.4. The minimum Gasteiger partial charge on any atom is -0.377 e. The van der Waals surface area contributed by atoms with Crippen molar-refractivity contribution >= 4 is 50.5 Å². The maximum Gasteiger partial charge on any atom is 0.434 e. The monoisotopic (exact) mass is 2010 g/mol. The normalized spacial score (nSPS) is 15.9. The summed E-state index contributed by atoms with van der Waals surface area (Å²) in [5.41, 5.74) is 21.6. The van der Waals surface area contributed by atoms with Crippen LogP contribution in [0.1, 0.15) is 245 Å². The van der Waals surface area contributed by atoms with Crippen molar-refractivity contribution in [1.82, 2.24) is 120 Å². The molecule has 0 N–H and O–H groups in total. The van der Waals surface area contributed by atoms with E-state index >= 15 is 0 Å². The molecule has 22 rings (SSSR count). The Morgan fingerprint density at radius 2 is 0.784 bits per heavy atom. The van der Waals surface area contributed by atoms with Gasteiger partial charge in [0.15, 0.2) is 57.4 Å². The quantitative estimate of drug-likeness (QED) is 0.0608. The van der Waals surface area contributed by atoms with Crippen molar-refractivity contribution in [2.75, 3.05) is 31.2 Å². The van der Waals surface area contributed by atoms with Gasteiger partial charge < -0.3 is 14.2 Å². The van der Waals surface area contributed by atoms with Gasteiger partial charge in [0.05, 0.1) is 92.0 Å². The molecule has 0 spiro atoms. The van der Waals surface area contributed by atoms with Crippen molar-refractivity contribution in [3.63, 3.8) is 0 Å². The summed E-state index contributed by atoms with van der Waals surface area (Å²) in [5, 5.41) is 14.2. The average Bonchev–Trinajstić information content (AvgIpc) is 1.63. The molecule has 34 heteroatoms. The van der Waals surface area contributed by atoms with Gasteiger partial charge in [-0.2, -0.15) is 28.5 Å². The second kappa shape index (κ2) is 44.0. The van der Waals surface area contributed by atoms with Gasteiger partial charge in [0.2, 0.25) is 0 Å². The Kier molecular flexibility index (Phi) is 31.5. The molecule has 2 aliphatic heterocycles. The Hall–Kier alpha value is -15.0. The smallest absolute Gasteiger partial charge is 0.377 e. The molecule has 2 aliphatic carbocycles. The molecule has 4 fully saturated rings. The molecular weight excluding hydrogens is 1870 g/mol. The molecule has 0 amide bonds. The largest absolute Gasteiger partial charge is 0.434 e. The van der Waals surface area contributed by atoms with Gasteiger partial charge in [-0.05, 0) is 192 Å². The van der Waals surface area contributed by atoms with Crippen molar-refractivity contribution < 1.29 is 17.9 Å². The molecule has 5 aromatic carbocycles. The van der Waals surface area contributed by atoms with E-state index in [0.29, 0.717) is 120 Å². The molecule has 0 radical (unpaired) electrons. The molecule has 774 valence electrons. The predicted octanol–water partition coefficient (Wildman–Crippen LogP) is 21.7. The molecule has 148 heavy (non-hydrogen) atoms. The molecule has 15 heterocycles. The molecule has 18 aromatic rings. The summed E-state index contributed by atoms with van der Waals surface area (Å²) >= 11 is 0. The molecule has 0 unspecified atom stereocenters. The second-order valence-corrected chi connectivity index (χ2v) is 40.6.